The van der Waals surface area contributed by atoms with E-state index in [1.54, 1.807) is 6.92 Å². The molecule has 1 atom stereocenters. The van der Waals surface area contributed by atoms with Crippen LogP contribution in [0.5, 0.6) is 0 Å². The average Bonchev–Trinajstić information content (AvgIpc) is 2.90. The van der Waals surface area contributed by atoms with Gasteiger partial charge in [-0.3, -0.25) is 4.68 Å². The first kappa shape index (κ1) is 16.7. The monoisotopic (exact) mass is 340 g/mol. The first-order chi connectivity index (χ1) is 9.93. The maximum atomic E-state index is 13.1. The summed E-state index contributed by atoms with van der Waals surface area (Å²) in [4.78, 5) is -0.421. The fraction of sp³-hybridized carbons (Fsp3) is 0.636. The minimum atomic E-state index is -5.18. The highest BCUT2D eigenvalue weighted by molar-refractivity contribution is 7.89. The van der Waals surface area contributed by atoms with Crippen molar-refractivity contribution in [2.75, 3.05) is 0 Å². The van der Waals surface area contributed by atoms with E-state index in [4.69, 9.17) is 0 Å². The number of hydrazone groups is 1. The number of halogens is 3. The quantitative estimate of drug-likeness (QED) is 0.896. The maximum absolute atomic E-state index is 13.1. The van der Waals surface area contributed by atoms with Gasteiger partial charge in [0.05, 0.1) is 5.69 Å². The Morgan fingerprint density at radius 3 is 2.45 bits per heavy atom. The molecule has 0 spiro atoms. The van der Waals surface area contributed by atoms with Gasteiger partial charge in [0.1, 0.15) is 4.90 Å². The number of sulfonamides is 1. The number of aliphatic hydroxyl groups is 1. The lowest BCUT2D eigenvalue weighted by Crippen LogP contribution is -2.56. The van der Waals surface area contributed by atoms with E-state index >= 15 is 0 Å². The van der Waals surface area contributed by atoms with E-state index in [9.17, 15) is 26.7 Å². The van der Waals surface area contributed by atoms with Crippen LogP contribution in [0.15, 0.2) is 16.2 Å². The molecule has 0 aromatic carbocycles. The number of rotatable bonds is 3. The van der Waals surface area contributed by atoms with Gasteiger partial charge in [-0.05, 0) is 20.8 Å². The van der Waals surface area contributed by atoms with Crippen LogP contribution in [0.3, 0.4) is 0 Å². The predicted molar refractivity (Wildman–Crippen MR) is 70.4 cm³/mol. The fourth-order valence-electron chi connectivity index (χ4n) is 2.17. The van der Waals surface area contributed by atoms with Gasteiger partial charge in [0.15, 0.2) is 0 Å². The van der Waals surface area contributed by atoms with Crippen molar-refractivity contribution in [1.82, 2.24) is 14.2 Å². The Morgan fingerprint density at radius 1 is 1.41 bits per heavy atom. The molecule has 0 unspecified atom stereocenters. The normalized spacial score (nSPS) is 23.0. The number of alkyl halides is 3. The summed E-state index contributed by atoms with van der Waals surface area (Å²) in [5, 5.41) is 17.2. The van der Waals surface area contributed by atoms with Gasteiger partial charge >= 0.3 is 6.18 Å². The Balaban J connectivity index is 2.58. The van der Waals surface area contributed by atoms with Crippen molar-refractivity contribution in [1.29, 1.82) is 0 Å². The molecule has 2 rings (SSSR count). The second kappa shape index (κ2) is 4.95. The van der Waals surface area contributed by atoms with E-state index in [0.717, 1.165) is 6.20 Å². The molecule has 0 radical (unpaired) electrons. The second-order valence-corrected chi connectivity index (χ2v) is 6.74. The molecule has 1 N–H and O–H groups in total. The second-order valence-electron chi connectivity index (χ2n) is 5.01. The van der Waals surface area contributed by atoms with Crippen LogP contribution in [0.1, 0.15) is 26.0 Å². The van der Waals surface area contributed by atoms with E-state index < -0.39 is 33.2 Å². The van der Waals surface area contributed by atoms with Gasteiger partial charge in [0, 0.05) is 24.9 Å². The predicted octanol–water partition coefficient (Wildman–Crippen LogP) is 1.23. The zero-order valence-electron chi connectivity index (χ0n) is 12.1. The SMILES string of the molecule is CCn1cc(S(=O)(=O)N2N=C(C)C[C@@]2(O)C(F)(F)F)c(C)n1. The number of hydrogen-bond acceptors (Lipinski definition) is 5. The molecule has 0 aliphatic carbocycles. The molecular formula is C11H15F3N4O3S. The van der Waals surface area contributed by atoms with Gasteiger partial charge in [-0.2, -0.15) is 31.8 Å². The number of aryl methyl sites for hydroxylation is 2. The number of aromatic nitrogens is 2. The van der Waals surface area contributed by atoms with Crippen LogP contribution in [0.25, 0.3) is 0 Å². The molecule has 1 aliphatic heterocycles. The molecule has 7 nitrogen and oxygen atoms in total. The largest absolute Gasteiger partial charge is 0.439 e. The number of hydrogen-bond donors (Lipinski definition) is 1. The first-order valence-corrected chi connectivity index (χ1v) is 7.80. The zero-order chi connectivity index (χ0) is 16.9. The Morgan fingerprint density at radius 2 is 2.00 bits per heavy atom. The van der Waals surface area contributed by atoms with Gasteiger partial charge in [-0.1, -0.05) is 0 Å². The van der Waals surface area contributed by atoms with Crippen molar-refractivity contribution in [3.63, 3.8) is 0 Å². The Bertz CT molecular complexity index is 725. The van der Waals surface area contributed by atoms with E-state index in [0.29, 0.717) is 6.54 Å². The smallest absolute Gasteiger partial charge is 0.361 e. The standard InChI is InChI=1S/C11H15F3N4O3S/c1-4-17-6-9(8(3)16-17)22(20,21)18-10(19,11(12,13)14)5-7(2)15-18/h6,19H,4-5H2,1-3H3/t10-/m1/s1. The summed E-state index contributed by atoms with van der Waals surface area (Å²) in [6.07, 6.45) is -5.00. The minimum Gasteiger partial charge on any atom is -0.361 e. The molecule has 0 saturated carbocycles. The van der Waals surface area contributed by atoms with Crippen LogP contribution in [-0.2, 0) is 16.6 Å². The molecule has 1 aromatic rings. The zero-order valence-corrected chi connectivity index (χ0v) is 12.9. The number of nitrogens with zero attached hydrogens (tertiary/aromatic N) is 4. The van der Waals surface area contributed by atoms with Crippen molar-refractivity contribution in [2.24, 2.45) is 5.10 Å². The van der Waals surface area contributed by atoms with Crippen LogP contribution in [0.4, 0.5) is 13.2 Å². The molecule has 1 aliphatic rings. The van der Waals surface area contributed by atoms with Crippen molar-refractivity contribution < 1.29 is 26.7 Å². The van der Waals surface area contributed by atoms with Crippen LogP contribution >= 0.6 is 0 Å². The molecule has 1 aromatic heterocycles. The van der Waals surface area contributed by atoms with Crippen molar-refractivity contribution in [2.45, 2.75) is 50.5 Å². The molecule has 0 amide bonds. The topological polar surface area (TPSA) is 87.8 Å². The molecule has 2 heterocycles. The molecule has 11 heteroatoms. The van der Waals surface area contributed by atoms with Crippen LogP contribution in [0, 0.1) is 6.92 Å². The van der Waals surface area contributed by atoms with Crippen molar-refractivity contribution in [3.8, 4) is 0 Å². The van der Waals surface area contributed by atoms with E-state index in [2.05, 4.69) is 10.2 Å². The summed E-state index contributed by atoms with van der Waals surface area (Å²) in [5.41, 5.74) is -3.69. The van der Waals surface area contributed by atoms with Crippen LogP contribution in [-0.4, -0.2) is 45.3 Å². The fourth-order valence-corrected chi connectivity index (χ4v) is 3.83. The van der Waals surface area contributed by atoms with E-state index in [-0.39, 0.29) is 15.8 Å². The van der Waals surface area contributed by atoms with Gasteiger partial charge in [-0.15, -0.1) is 4.41 Å². The molecule has 0 saturated heterocycles. The van der Waals surface area contributed by atoms with E-state index in [1.807, 2.05) is 0 Å². The van der Waals surface area contributed by atoms with Gasteiger partial charge < -0.3 is 5.11 Å². The summed E-state index contributed by atoms with van der Waals surface area (Å²) in [7, 11) is -4.69. The summed E-state index contributed by atoms with van der Waals surface area (Å²) >= 11 is 0. The Hall–Kier alpha value is -1.62. The molecular weight excluding hydrogens is 325 g/mol. The Kier molecular flexibility index (Phi) is 3.77. The Labute approximate surface area is 125 Å². The van der Waals surface area contributed by atoms with Crippen molar-refractivity contribution >= 4 is 15.7 Å². The molecule has 124 valence electrons. The summed E-state index contributed by atoms with van der Waals surface area (Å²) in [6, 6.07) is 0. The summed E-state index contributed by atoms with van der Waals surface area (Å²) in [5.74, 6) is 0. The van der Waals surface area contributed by atoms with E-state index in [1.165, 1.54) is 18.5 Å². The lowest BCUT2D eigenvalue weighted by atomic mass is 10.1. The third-order valence-electron chi connectivity index (χ3n) is 3.27. The van der Waals surface area contributed by atoms with Crippen LogP contribution in [0.2, 0.25) is 0 Å². The minimum absolute atomic E-state index is 0.0335. The molecule has 0 fully saturated rings. The first-order valence-electron chi connectivity index (χ1n) is 6.36. The van der Waals surface area contributed by atoms with Gasteiger partial charge in [0.2, 0.25) is 0 Å². The van der Waals surface area contributed by atoms with Crippen LogP contribution < -0.4 is 0 Å². The lowest BCUT2D eigenvalue weighted by Gasteiger charge is -2.32. The highest BCUT2D eigenvalue weighted by atomic mass is 32.2. The highest BCUT2D eigenvalue weighted by Gasteiger charge is 2.64. The van der Waals surface area contributed by atoms with Crippen molar-refractivity contribution in [3.05, 3.63) is 11.9 Å². The van der Waals surface area contributed by atoms with Gasteiger partial charge in [0.25, 0.3) is 15.7 Å². The summed E-state index contributed by atoms with van der Waals surface area (Å²) in [6.45, 7) is 4.63. The van der Waals surface area contributed by atoms with Gasteiger partial charge in [-0.25, -0.2) is 0 Å². The third kappa shape index (κ3) is 2.37. The lowest BCUT2D eigenvalue weighted by molar-refractivity contribution is -0.291. The molecule has 22 heavy (non-hydrogen) atoms. The third-order valence-corrected chi connectivity index (χ3v) is 5.06. The maximum Gasteiger partial charge on any atom is 0.439 e. The average molecular weight is 340 g/mol. The highest BCUT2D eigenvalue weighted by Crippen LogP contribution is 2.43. The summed E-state index contributed by atoms with van der Waals surface area (Å²) < 4.78 is 65.4. The molecule has 0 bridgehead atoms.